The Morgan fingerprint density at radius 1 is 1.22 bits per heavy atom. The van der Waals surface area contributed by atoms with E-state index in [2.05, 4.69) is 67.1 Å². The maximum absolute atomic E-state index is 3.72. The molecule has 1 aromatic carbocycles. The van der Waals surface area contributed by atoms with Gasteiger partial charge in [-0.2, -0.15) is 0 Å². The minimum absolute atomic E-state index is 0.474. The van der Waals surface area contributed by atoms with E-state index in [1.165, 1.54) is 34.9 Å². The van der Waals surface area contributed by atoms with Crippen LogP contribution in [0.3, 0.4) is 0 Å². The van der Waals surface area contributed by atoms with Gasteiger partial charge in [0.15, 0.2) is 0 Å². The normalized spacial score (nSPS) is 14.5. The first kappa shape index (κ1) is 15.7. The van der Waals surface area contributed by atoms with Crippen molar-refractivity contribution < 1.29 is 0 Å². The van der Waals surface area contributed by atoms with Crippen LogP contribution >= 0.6 is 15.9 Å². The lowest BCUT2D eigenvalue weighted by atomic mass is 9.88. The van der Waals surface area contributed by atoms with Crippen molar-refractivity contribution in [1.82, 2.24) is 5.32 Å². The molecule has 0 heterocycles. The quantitative estimate of drug-likeness (QED) is 0.726. The number of benzene rings is 1. The molecule has 1 nitrogen and oxygen atoms in total. The maximum atomic E-state index is 3.72. The monoisotopic (exact) mass is 311 g/mol. The van der Waals surface area contributed by atoms with E-state index >= 15 is 0 Å². The summed E-state index contributed by atoms with van der Waals surface area (Å²) < 4.78 is 1.18. The third-order valence-corrected chi connectivity index (χ3v) is 4.00. The molecule has 0 amide bonds. The van der Waals surface area contributed by atoms with Gasteiger partial charge in [-0.1, -0.05) is 49.2 Å². The first-order valence-electron chi connectivity index (χ1n) is 7.09. The number of nitrogens with one attached hydrogen (secondary N) is 1. The van der Waals surface area contributed by atoms with Crippen LogP contribution in [0.4, 0.5) is 0 Å². The van der Waals surface area contributed by atoms with Crippen molar-refractivity contribution in [3.05, 3.63) is 33.8 Å². The fraction of sp³-hybridized carbons (Fsp3) is 0.625. The summed E-state index contributed by atoms with van der Waals surface area (Å²) in [7, 11) is 0. The van der Waals surface area contributed by atoms with Crippen LogP contribution in [-0.2, 0) is 0 Å². The molecule has 1 rings (SSSR count). The maximum Gasteiger partial charge on any atom is 0.0349 e. The molecular weight excluding hydrogens is 286 g/mol. The lowest BCUT2D eigenvalue weighted by molar-refractivity contribution is 0.362. The largest absolute Gasteiger partial charge is 0.310 e. The fourth-order valence-electron chi connectivity index (χ4n) is 2.49. The van der Waals surface area contributed by atoms with Gasteiger partial charge in [0.2, 0.25) is 0 Å². The average molecular weight is 312 g/mol. The van der Waals surface area contributed by atoms with Crippen molar-refractivity contribution in [2.75, 3.05) is 6.54 Å². The minimum Gasteiger partial charge on any atom is -0.310 e. The van der Waals surface area contributed by atoms with Crippen molar-refractivity contribution in [2.24, 2.45) is 5.92 Å². The molecule has 0 aromatic heterocycles. The second kappa shape index (κ2) is 7.96. The number of hydrogen-bond acceptors (Lipinski definition) is 1. The molecule has 0 aliphatic rings. The molecular formula is C16H26BrN. The molecule has 1 N–H and O–H groups in total. The number of hydrogen-bond donors (Lipinski definition) is 1. The summed E-state index contributed by atoms with van der Waals surface area (Å²) in [4.78, 5) is 0. The van der Waals surface area contributed by atoms with Gasteiger partial charge in [-0.15, -0.1) is 0 Å². The minimum atomic E-state index is 0.474. The zero-order valence-corrected chi connectivity index (χ0v) is 13.7. The smallest absolute Gasteiger partial charge is 0.0349 e. The van der Waals surface area contributed by atoms with Gasteiger partial charge in [0.05, 0.1) is 0 Å². The second-order valence-electron chi connectivity index (χ2n) is 5.20. The third-order valence-electron chi connectivity index (χ3n) is 3.50. The van der Waals surface area contributed by atoms with Gasteiger partial charge in [-0.05, 0) is 55.5 Å². The second-order valence-corrected chi connectivity index (χ2v) is 6.11. The van der Waals surface area contributed by atoms with Crippen LogP contribution < -0.4 is 5.32 Å². The van der Waals surface area contributed by atoms with E-state index in [4.69, 9.17) is 0 Å². The zero-order valence-electron chi connectivity index (χ0n) is 12.1. The Balaban J connectivity index is 2.96. The predicted octanol–water partition coefficient (Wildman–Crippen LogP) is 5.23. The highest BCUT2D eigenvalue weighted by Gasteiger charge is 2.19. The summed E-state index contributed by atoms with van der Waals surface area (Å²) in [6.07, 6.45) is 3.70. The van der Waals surface area contributed by atoms with Crippen molar-refractivity contribution in [3.8, 4) is 0 Å². The number of aryl methyl sites for hydroxylation is 1. The average Bonchev–Trinajstić information content (AvgIpc) is 2.34. The van der Waals surface area contributed by atoms with Crippen molar-refractivity contribution in [3.63, 3.8) is 0 Å². The van der Waals surface area contributed by atoms with Crippen LogP contribution in [-0.4, -0.2) is 6.54 Å². The Kier molecular flexibility index (Phi) is 6.95. The Bertz CT molecular complexity index is 362. The van der Waals surface area contributed by atoms with Gasteiger partial charge in [0.1, 0.15) is 0 Å². The Morgan fingerprint density at radius 2 is 1.94 bits per heavy atom. The summed E-state index contributed by atoms with van der Waals surface area (Å²) >= 11 is 3.59. The standard InChI is InChI=1S/C16H26BrN/c1-5-7-13(4)16(18-10-6-2)15-11-14(17)9-8-12(15)3/h8-9,11,13,16,18H,5-7,10H2,1-4H3. The van der Waals surface area contributed by atoms with E-state index in [0.717, 1.165) is 6.54 Å². The molecule has 0 radical (unpaired) electrons. The highest BCUT2D eigenvalue weighted by molar-refractivity contribution is 9.10. The fourth-order valence-corrected chi connectivity index (χ4v) is 2.86. The van der Waals surface area contributed by atoms with E-state index in [1.807, 2.05) is 0 Å². The lowest BCUT2D eigenvalue weighted by Crippen LogP contribution is -2.28. The summed E-state index contributed by atoms with van der Waals surface area (Å²) in [5.74, 6) is 0.676. The molecule has 0 fully saturated rings. The summed E-state index contributed by atoms with van der Waals surface area (Å²) in [5, 5.41) is 3.72. The molecule has 18 heavy (non-hydrogen) atoms. The van der Waals surface area contributed by atoms with E-state index in [1.54, 1.807) is 0 Å². The molecule has 0 aliphatic heterocycles. The van der Waals surface area contributed by atoms with E-state index in [9.17, 15) is 0 Å². The van der Waals surface area contributed by atoms with Crippen LogP contribution in [0.5, 0.6) is 0 Å². The van der Waals surface area contributed by atoms with E-state index < -0.39 is 0 Å². The molecule has 1 aromatic rings. The highest BCUT2D eigenvalue weighted by atomic mass is 79.9. The number of rotatable bonds is 7. The zero-order chi connectivity index (χ0) is 13.5. The summed E-state index contributed by atoms with van der Waals surface area (Å²) in [5.41, 5.74) is 2.83. The molecule has 2 atom stereocenters. The topological polar surface area (TPSA) is 12.0 Å². The molecule has 2 unspecified atom stereocenters. The van der Waals surface area contributed by atoms with Crippen LogP contribution in [0.1, 0.15) is 57.2 Å². The van der Waals surface area contributed by atoms with Gasteiger partial charge in [-0.25, -0.2) is 0 Å². The van der Waals surface area contributed by atoms with Crippen molar-refractivity contribution >= 4 is 15.9 Å². The summed E-state index contributed by atoms with van der Waals surface area (Å²) in [6.45, 7) is 10.1. The Labute approximate surface area is 120 Å². The highest BCUT2D eigenvalue weighted by Crippen LogP contribution is 2.30. The molecule has 102 valence electrons. The molecule has 0 saturated heterocycles. The van der Waals surface area contributed by atoms with Crippen molar-refractivity contribution in [1.29, 1.82) is 0 Å². The van der Waals surface area contributed by atoms with Crippen LogP contribution in [0, 0.1) is 12.8 Å². The van der Waals surface area contributed by atoms with Gasteiger partial charge in [0.25, 0.3) is 0 Å². The molecule has 0 aliphatic carbocycles. The van der Waals surface area contributed by atoms with Gasteiger partial charge < -0.3 is 5.32 Å². The van der Waals surface area contributed by atoms with E-state index in [-0.39, 0.29) is 0 Å². The molecule has 2 heteroatoms. The third kappa shape index (κ3) is 4.40. The summed E-state index contributed by atoms with van der Waals surface area (Å²) in [6, 6.07) is 7.08. The predicted molar refractivity (Wildman–Crippen MR) is 84.0 cm³/mol. The number of halogens is 1. The van der Waals surface area contributed by atoms with Crippen LogP contribution in [0.2, 0.25) is 0 Å². The SMILES string of the molecule is CCCNC(c1cc(Br)ccc1C)C(C)CCC. The van der Waals surface area contributed by atoms with Crippen molar-refractivity contribution in [2.45, 2.75) is 53.0 Å². The lowest BCUT2D eigenvalue weighted by Gasteiger charge is -2.27. The first-order chi connectivity index (χ1) is 8.60. The Morgan fingerprint density at radius 3 is 2.56 bits per heavy atom. The van der Waals surface area contributed by atoms with Gasteiger partial charge >= 0.3 is 0 Å². The molecule has 0 bridgehead atoms. The molecule has 0 saturated carbocycles. The molecule has 0 spiro atoms. The van der Waals surface area contributed by atoms with Gasteiger partial charge in [-0.3, -0.25) is 0 Å². The van der Waals surface area contributed by atoms with E-state index in [0.29, 0.717) is 12.0 Å². The van der Waals surface area contributed by atoms with Crippen LogP contribution in [0.15, 0.2) is 22.7 Å². The van der Waals surface area contributed by atoms with Gasteiger partial charge in [0, 0.05) is 10.5 Å². The first-order valence-corrected chi connectivity index (χ1v) is 7.88. The van der Waals surface area contributed by atoms with Crippen LogP contribution in [0.25, 0.3) is 0 Å². The Hall–Kier alpha value is -0.340.